The Balaban J connectivity index is 1.50. The molecule has 0 unspecified atom stereocenters. The summed E-state index contributed by atoms with van der Waals surface area (Å²) in [6.45, 7) is 6.75. The van der Waals surface area contributed by atoms with Gasteiger partial charge in [-0.15, -0.1) is 0 Å². The van der Waals surface area contributed by atoms with Crippen LogP contribution < -0.4 is 15.1 Å². The van der Waals surface area contributed by atoms with Crippen LogP contribution in [0.2, 0.25) is 0 Å². The SMILES string of the molecule is Oc1ccccc1CCNc1cc(N2CCOCC2)nc(N2CCOCC2)n1. The first-order chi connectivity index (χ1) is 13.8. The second kappa shape index (κ2) is 9.07. The highest BCUT2D eigenvalue weighted by Gasteiger charge is 2.19. The van der Waals surface area contributed by atoms with Crippen LogP contribution >= 0.6 is 0 Å². The van der Waals surface area contributed by atoms with Crippen molar-refractivity contribution in [2.75, 3.05) is 74.3 Å². The lowest BCUT2D eigenvalue weighted by molar-refractivity contribution is 0.121. The summed E-state index contributed by atoms with van der Waals surface area (Å²) in [4.78, 5) is 14.0. The van der Waals surface area contributed by atoms with E-state index in [4.69, 9.17) is 19.4 Å². The van der Waals surface area contributed by atoms with Crippen LogP contribution in [-0.4, -0.2) is 74.2 Å². The normalized spacial score (nSPS) is 17.6. The van der Waals surface area contributed by atoms with E-state index in [1.54, 1.807) is 6.07 Å². The van der Waals surface area contributed by atoms with E-state index < -0.39 is 0 Å². The summed E-state index contributed by atoms with van der Waals surface area (Å²) >= 11 is 0. The third-order valence-electron chi connectivity index (χ3n) is 5.02. The maximum atomic E-state index is 9.95. The molecule has 0 aliphatic carbocycles. The highest BCUT2D eigenvalue weighted by atomic mass is 16.5. The highest BCUT2D eigenvalue weighted by Crippen LogP contribution is 2.23. The van der Waals surface area contributed by atoms with Crippen molar-refractivity contribution in [3.8, 4) is 5.75 Å². The minimum atomic E-state index is 0.329. The van der Waals surface area contributed by atoms with Crippen molar-refractivity contribution >= 4 is 17.6 Å². The topological polar surface area (TPSA) is 83.0 Å². The second-order valence-electron chi connectivity index (χ2n) is 6.92. The first-order valence-electron chi connectivity index (χ1n) is 9.85. The number of aromatic nitrogens is 2. The Kier molecular flexibility index (Phi) is 6.08. The number of hydrogen-bond acceptors (Lipinski definition) is 8. The summed E-state index contributed by atoms with van der Waals surface area (Å²) in [5, 5.41) is 13.3. The fourth-order valence-corrected chi connectivity index (χ4v) is 3.42. The molecular weight excluding hydrogens is 358 g/mol. The number of phenolic OH excluding ortho intramolecular Hbond substituents is 1. The van der Waals surface area contributed by atoms with Gasteiger partial charge in [-0.1, -0.05) is 18.2 Å². The maximum Gasteiger partial charge on any atom is 0.229 e. The Morgan fingerprint density at radius 1 is 0.929 bits per heavy atom. The van der Waals surface area contributed by atoms with E-state index in [0.717, 1.165) is 55.7 Å². The van der Waals surface area contributed by atoms with E-state index in [-0.39, 0.29) is 0 Å². The van der Waals surface area contributed by atoms with Crippen molar-refractivity contribution in [2.24, 2.45) is 0 Å². The van der Waals surface area contributed by atoms with Gasteiger partial charge in [0.25, 0.3) is 0 Å². The summed E-state index contributed by atoms with van der Waals surface area (Å²) in [6, 6.07) is 9.43. The quantitative estimate of drug-likeness (QED) is 0.774. The zero-order valence-electron chi connectivity index (χ0n) is 16.0. The lowest BCUT2D eigenvalue weighted by Gasteiger charge is -2.31. The van der Waals surface area contributed by atoms with Gasteiger partial charge in [0.2, 0.25) is 5.95 Å². The Labute approximate surface area is 165 Å². The Morgan fingerprint density at radius 3 is 2.32 bits per heavy atom. The molecule has 2 fully saturated rings. The molecule has 8 nitrogen and oxygen atoms in total. The monoisotopic (exact) mass is 385 g/mol. The summed E-state index contributed by atoms with van der Waals surface area (Å²) in [5.74, 6) is 2.78. The fourth-order valence-electron chi connectivity index (χ4n) is 3.42. The molecule has 2 aliphatic heterocycles. The molecule has 1 aromatic carbocycles. The van der Waals surface area contributed by atoms with Gasteiger partial charge in [-0.2, -0.15) is 9.97 Å². The second-order valence-corrected chi connectivity index (χ2v) is 6.92. The van der Waals surface area contributed by atoms with Crippen molar-refractivity contribution in [1.29, 1.82) is 0 Å². The average molecular weight is 385 g/mol. The summed E-state index contributed by atoms with van der Waals surface area (Å²) in [6.07, 6.45) is 0.719. The molecule has 0 bridgehead atoms. The number of morpholine rings is 2. The molecule has 1 aromatic heterocycles. The van der Waals surface area contributed by atoms with E-state index in [0.29, 0.717) is 38.7 Å². The van der Waals surface area contributed by atoms with Crippen LogP contribution in [-0.2, 0) is 15.9 Å². The molecule has 2 aliphatic rings. The Bertz CT molecular complexity index is 740. The van der Waals surface area contributed by atoms with Crippen molar-refractivity contribution in [3.63, 3.8) is 0 Å². The number of rotatable bonds is 6. The smallest absolute Gasteiger partial charge is 0.229 e. The number of para-hydroxylation sites is 1. The first-order valence-corrected chi connectivity index (χ1v) is 9.85. The number of benzene rings is 1. The molecule has 150 valence electrons. The maximum absolute atomic E-state index is 9.95. The summed E-state index contributed by atoms with van der Waals surface area (Å²) in [7, 11) is 0. The van der Waals surface area contributed by atoms with Crippen LogP contribution in [0.25, 0.3) is 0 Å². The number of nitrogens with one attached hydrogen (secondary N) is 1. The molecule has 28 heavy (non-hydrogen) atoms. The van der Waals surface area contributed by atoms with Crippen LogP contribution in [0.4, 0.5) is 17.6 Å². The molecule has 0 radical (unpaired) electrons. The molecule has 0 spiro atoms. The molecule has 0 saturated carbocycles. The van der Waals surface area contributed by atoms with E-state index >= 15 is 0 Å². The van der Waals surface area contributed by atoms with Crippen LogP contribution in [0.15, 0.2) is 30.3 Å². The van der Waals surface area contributed by atoms with E-state index in [1.807, 2.05) is 24.3 Å². The van der Waals surface area contributed by atoms with Crippen molar-refractivity contribution in [1.82, 2.24) is 9.97 Å². The molecule has 2 aromatic rings. The van der Waals surface area contributed by atoms with Crippen molar-refractivity contribution in [2.45, 2.75) is 6.42 Å². The molecule has 2 saturated heterocycles. The van der Waals surface area contributed by atoms with Gasteiger partial charge in [0.05, 0.1) is 26.4 Å². The molecule has 4 rings (SSSR count). The van der Waals surface area contributed by atoms with E-state index in [9.17, 15) is 5.11 Å². The van der Waals surface area contributed by atoms with Gasteiger partial charge >= 0.3 is 0 Å². The largest absolute Gasteiger partial charge is 0.508 e. The van der Waals surface area contributed by atoms with Crippen LogP contribution in [0.5, 0.6) is 5.75 Å². The number of hydrogen-bond donors (Lipinski definition) is 2. The molecule has 3 heterocycles. The van der Waals surface area contributed by atoms with Crippen LogP contribution in [0.1, 0.15) is 5.56 Å². The number of phenols is 1. The Morgan fingerprint density at radius 2 is 1.61 bits per heavy atom. The van der Waals surface area contributed by atoms with Crippen molar-refractivity contribution in [3.05, 3.63) is 35.9 Å². The lowest BCUT2D eigenvalue weighted by atomic mass is 10.1. The standard InChI is InChI=1S/C20H27N5O3/c26-17-4-2-1-3-16(17)5-6-21-18-15-19(24-7-11-27-12-8-24)23-20(22-18)25-9-13-28-14-10-25/h1-4,15,26H,5-14H2,(H,21,22,23). The van der Waals surface area contributed by atoms with Gasteiger partial charge in [0, 0.05) is 38.8 Å². The third-order valence-corrected chi connectivity index (χ3v) is 5.02. The minimum absolute atomic E-state index is 0.329. The highest BCUT2D eigenvalue weighted by molar-refractivity contribution is 5.55. The number of anilines is 3. The molecule has 8 heteroatoms. The van der Waals surface area contributed by atoms with Crippen LogP contribution in [0, 0.1) is 0 Å². The average Bonchev–Trinajstić information content (AvgIpc) is 2.76. The van der Waals surface area contributed by atoms with E-state index in [1.165, 1.54) is 0 Å². The molecule has 0 atom stereocenters. The van der Waals surface area contributed by atoms with Gasteiger partial charge in [-0.3, -0.25) is 0 Å². The molecular formula is C20H27N5O3. The zero-order chi connectivity index (χ0) is 19.2. The minimum Gasteiger partial charge on any atom is -0.508 e. The molecule has 2 N–H and O–H groups in total. The number of nitrogens with zero attached hydrogens (tertiary/aromatic N) is 4. The first kappa shape index (κ1) is 18.8. The number of aromatic hydroxyl groups is 1. The number of ether oxygens (including phenoxy) is 2. The van der Waals surface area contributed by atoms with Gasteiger partial charge in [0.15, 0.2) is 0 Å². The van der Waals surface area contributed by atoms with Gasteiger partial charge in [-0.25, -0.2) is 0 Å². The fraction of sp³-hybridized carbons (Fsp3) is 0.500. The van der Waals surface area contributed by atoms with E-state index in [2.05, 4.69) is 15.1 Å². The Hall–Kier alpha value is -2.58. The zero-order valence-corrected chi connectivity index (χ0v) is 16.0. The predicted molar refractivity (Wildman–Crippen MR) is 108 cm³/mol. The predicted octanol–water partition coefficient (Wildman–Crippen LogP) is 1.51. The molecule has 0 amide bonds. The van der Waals surface area contributed by atoms with Gasteiger partial charge in [-0.05, 0) is 18.1 Å². The van der Waals surface area contributed by atoms with Crippen LogP contribution in [0.3, 0.4) is 0 Å². The summed E-state index contributed by atoms with van der Waals surface area (Å²) < 4.78 is 10.9. The third kappa shape index (κ3) is 4.63. The van der Waals surface area contributed by atoms with Gasteiger partial charge < -0.3 is 29.7 Å². The van der Waals surface area contributed by atoms with Gasteiger partial charge in [0.1, 0.15) is 17.4 Å². The summed E-state index contributed by atoms with van der Waals surface area (Å²) in [5.41, 5.74) is 0.922. The lowest BCUT2D eigenvalue weighted by Crippen LogP contribution is -2.39. The van der Waals surface area contributed by atoms with Crippen molar-refractivity contribution < 1.29 is 14.6 Å².